The Morgan fingerprint density at radius 3 is 2.65 bits per heavy atom. The summed E-state index contributed by atoms with van der Waals surface area (Å²) in [7, 11) is -3.25. The normalized spacial score (nSPS) is 16.9. The van der Waals surface area contributed by atoms with Gasteiger partial charge in [0.25, 0.3) is 0 Å². The Hall–Kier alpha value is -1.73. The topological polar surface area (TPSA) is 72.4 Å². The molecule has 1 aliphatic heterocycles. The molecule has 23 heavy (non-hydrogen) atoms. The van der Waals surface area contributed by atoms with Crippen LogP contribution in [0.3, 0.4) is 0 Å². The van der Waals surface area contributed by atoms with Crippen molar-refractivity contribution in [3.05, 3.63) is 24.5 Å². The first kappa shape index (κ1) is 16.1. The zero-order valence-corrected chi connectivity index (χ0v) is 14.2. The predicted octanol–water partition coefficient (Wildman–Crippen LogP) is 2.04. The first-order chi connectivity index (χ1) is 11.0. The number of hydrogen-bond acceptors (Lipinski definition) is 6. The fourth-order valence-electron chi connectivity index (χ4n) is 2.97. The molecule has 0 bridgehead atoms. The second-order valence-electron chi connectivity index (χ2n) is 5.79. The number of hydrogen-bond donors (Lipinski definition) is 0. The monoisotopic (exact) mass is 335 g/mol. The summed E-state index contributed by atoms with van der Waals surface area (Å²) >= 11 is 0. The lowest BCUT2D eigenvalue weighted by Crippen LogP contribution is -2.37. The SMILES string of the molecule is CCOC1CCN(c2ncnc3ccc(S(C)(=O)=O)cc23)CC1. The van der Waals surface area contributed by atoms with E-state index in [0.717, 1.165) is 49.3 Å². The number of sulfone groups is 1. The molecule has 1 saturated heterocycles. The first-order valence-electron chi connectivity index (χ1n) is 7.80. The van der Waals surface area contributed by atoms with Crippen LogP contribution in [0.15, 0.2) is 29.4 Å². The van der Waals surface area contributed by atoms with E-state index in [1.165, 1.54) is 12.6 Å². The van der Waals surface area contributed by atoms with E-state index in [4.69, 9.17) is 4.74 Å². The van der Waals surface area contributed by atoms with Gasteiger partial charge in [0.2, 0.25) is 0 Å². The highest BCUT2D eigenvalue weighted by molar-refractivity contribution is 7.90. The summed E-state index contributed by atoms with van der Waals surface area (Å²) in [5, 5.41) is 0.783. The van der Waals surface area contributed by atoms with E-state index < -0.39 is 9.84 Å². The summed E-state index contributed by atoms with van der Waals surface area (Å²) in [5.74, 6) is 0.801. The molecule has 7 heteroatoms. The van der Waals surface area contributed by atoms with E-state index in [-0.39, 0.29) is 0 Å². The molecule has 2 heterocycles. The first-order valence-corrected chi connectivity index (χ1v) is 9.69. The van der Waals surface area contributed by atoms with E-state index in [1.54, 1.807) is 18.2 Å². The van der Waals surface area contributed by atoms with E-state index in [1.807, 2.05) is 6.92 Å². The lowest BCUT2D eigenvalue weighted by Gasteiger charge is -2.33. The Bertz CT molecular complexity index is 799. The van der Waals surface area contributed by atoms with Crippen LogP contribution in [0.2, 0.25) is 0 Å². The highest BCUT2D eigenvalue weighted by Gasteiger charge is 2.22. The number of benzene rings is 1. The van der Waals surface area contributed by atoms with Crippen molar-refractivity contribution in [2.75, 3.05) is 30.9 Å². The fraction of sp³-hybridized carbons (Fsp3) is 0.500. The van der Waals surface area contributed by atoms with Crippen molar-refractivity contribution < 1.29 is 13.2 Å². The minimum atomic E-state index is -3.25. The Balaban J connectivity index is 1.95. The maximum Gasteiger partial charge on any atom is 0.175 e. The van der Waals surface area contributed by atoms with E-state index >= 15 is 0 Å². The van der Waals surface area contributed by atoms with Gasteiger partial charge in [0.15, 0.2) is 9.84 Å². The molecule has 1 aromatic carbocycles. The number of piperidine rings is 1. The highest BCUT2D eigenvalue weighted by atomic mass is 32.2. The number of fused-ring (bicyclic) bond motifs is 1. The zero-order chi connectivity index (χ0) is 16.4. The molecule has 0 atom stereocenters. The molecule has 0 aliphatic carbocycles. The molecule has 1 fully saturated rings. The van der Waals surface area contributed by atoms with Crippen LogP contribution in [0.25, 0.3) is 10.9 Å². The van der Waals surface area contributed by atoms with Crippen molar-refractivity contribution in [1.29, 1.82) is 0 Å². The molecule has 0 amide bonds. The third kappa shape index (κ3) is 3.45. The summed E-state index contributed by atoms with van der Waals surface area (Å²) < 4.78 is 29.3. The molecule has 6 nitrogen and oxygen atoms in total. The standard InChI is InChI=1S/C16H21N3O3S/c1-3-22-12-6-8-19(9-7-12)16-14-10-13(23(2,20)21)4-5-15(14)17-11-18-16/h4-5,10-12H,3,6-9H2,1-2H3. The van der Waals surface area contributed by atoms with Crippen LogP contribution < -0.4 is 4.90 Å². The van der Waals surface area contributed by atoms with Gasteiger partial charge in [-0.25, -0.2) is 18.4 Å². The van der Waals surface area contributed by atoms with E-state index in [0.29, 0.717) is 11.0 Å². The molecule has 0 radical (unpaired) electrons. The van der Waals surface area contributed by atoms with Gasteiger partial charge >= 0.3 is 0 Å². The van der Waals surface area contributed by atoms with Gasteiger partial charge in [0.1, 0.15) is 12.1 Å². The van der Waals surface area contributed by atoms with Crippen molar-refractivity contribution >= 4 is 26.6 Å². The van der Waals surface area contributed by atoms with Crippen LogP contribution in [-0.2, 0) is 14.6 Å². The lowest BCUT2D eigenvalue weighted by atomic mass is 10.1. The number of aromatic nitrogens is 2. The molecule has 0 spiro atoms. The number of nitrogens with zero attached hydrogens (tertiary/aromatic N) is 3. The maximum atomic E-state index is 11.8. The summed E-state index contributed by atoms with van der Waals surface area (Å²) in [5.41, 5.74) is 0.759. The summed E-state index contributed by atoms with van der Waals surface area (Å²) in [4.78, 5) is 11.1. The molecule has 1 aliphatic rings. The molecule has 0 unspecified atom stereocenters. The van der Waals surface area contributed by atoms with Gasteiger partial charge < -0.3 is 9.64 Å². The van der Waals surface area contributed by atoms with Gasteiger partial charge in [-0.15, -0.1) is 0 Å². The predicted molar refractivity (Wildman–Crippen MR) is 89.5 cm³/mol. The summed E-state index contributed by atoms with van der Waals surface area (Å²) in [6, 6.07) is 5.01. The number of ether oxygens (including phenoxy) is 1. The lowest BCUT2D eigenvalue weighted by molar-refractivity contribution is 0.0459. The maximum absolute atomic E-state index is 11.8. The zero-order valence-electron chi connectivity index (χ0n) is 13.4. The average molecular weight is 335 g/mol. The molecule has 0 N–H and O–H groups in total. The van der Waals surface area contributed by atoms with Crippen molar-refractivity contribution in [3.8, 4) is 0 Å². The van der Waals surface area contributed by atoms with Gasteiger partial charge in [-0.3, -0.25) is 0 Å². The fourth-order valence-corrected chi connectivity index (χ4v) is 3.62. The van der Waals surface area contributed by atoms with Crippen LogP contribution in [0.4, 0.5) is 5.82 Å². The smallest absolute Gasteiger partial charge is 0.175 e. The quantitative estimate of drug-likeness (QED) is 0.851. The van der Waals surface area contributed by atoms with E-state index in [2.05, 4.69) is 14.9 Å². The minimum absolute atomic E-state index is 0.297. The van der Waals surface area contributed by atoms with Gasteiger partial charge in [-0.1, -0.05) is 0 Å². The summed E-state index contributed by atoms with van der Waals surface area (Å²) in [6.07, 6.45) is 4.95. The molecular formula is C16H21N3O3S. The molecule has 0 saturated carbocycles. The average Bonchev–Trinajstić information content (AvgIpc) is 2.54. The Morgan fingerprint density at radius 2 is 2.00 bits per heavy atom. The van der Waals surface area contributed by atoms with Crippen LogP contribution >= 0.6 is 0 Å². The summed E-state index contributed by atoms with van der Waals surface area (Å²) in [6.45, 7) is 4.44. The second-order valence-corrected chi connectivity index (χ2v) is 7.81. The van der Waals surface area contributed by atoms with Gasteiger partial charge in [0, 0.05) is 31.3 Å². The number of anilines is 1. The van der Waals surface area contributed by atoms with Crippen LogP contribution in [0, 0.1) is 0 Å². The Labute approximate surface area is 136 Å². The van der Waals surface area contributed by atoms with Crippen LogP contribution in [0.5, 0.6) is 0 Å². The van der Waals surface area contributed by atoms with Crippen LogP contribution in [-0.4, -0.2) is 50.4 Å². The largest absolute Gasteiger partial charge is 0.378 e. The minimum Gasteiger partial charge on any atom is -0.378 e. The van der Waals surface area contributed by atoms with Crippen LogP contribution in [0.1, 0.15) is 19.8 Å². The third-order valence-electron chi connectivity index (χ3n) is 4.16. The van der Waals surface area contributed by atoms with Gasteiger partial charge in [0.05, 0.1) is 16.5 Å². The molecule has 124 valence electrons. The van der Waals surface area contributed by atoms with Crippen molar-refractivity contribution in [1.82, 2.24) is 9.97 Å². The van der Waals surface area contributed by atoms with Gasteiger partial charge in [-0.05, 0) is 38.0 Å². The molecule has 3 rings (SSSR count). The Morgan fingerprint density at radius 1 is 1.26 bits per heavy atom. The van der Waals surface area contributed by atoms with Gasteiger partial charge in [-0.2, -0.15) is 0 Å². The molecule has 2 aromatic rings. The highest BCUT2D eigenvalue weighted by Crippen LogP contribution is 2.28. The second kappa shape index (κ2) is 6.41. The van der Waals surface area contributed by atoms with E-state index in [9.17, 15) is 8.42 Å². The number of rotatable bonds is 4. The van der Waals surface area contributed by atoms with Crippen molar-refractivity contribution in [2.24, 2.45) is 0 Å². The molecular weight excluding hydrogens is 314 g/mol. The van der Waals surface area contributed by atoms with Crippen molar-refractivity contribution in [2.45, 2.75) is 30.8 Å². The Kier molecular flexibility index (Phi) is 4.50. The third-order valence-corrected chi connectivity index (χ3v) is 5.27. The molecule has 1 aromatic heterocycles. The van der Waals surface area contributed by atoms with Crippen molar-refractivity contribution in [3.63, 3.8) is 0 Å².